The fourth-order valence-electron chi connectivity index (χ4n) is 4.89. The number of carbonyl (C=O) groups excluding carboxylic acids is 1. The molecule has 1 aromatic carbocycles. The van der Waals surface area contributed by atoms with Gasteiger partial charge in [-0.2, -0.15) is 0 Å². The second kappa shape index (κ2) is 7.84. The van der Waals surface area contributed by atoms with Crippen LogP contribution in [0.1, 0.15) is 50.7 Å². The Morgan fingerprint density at radius 1 is 1.07 bits per heavy atom. The summed E-state index contributed by atoms with van der Waals surface area (Å²) in [5.41, 5.74) is 5.21. The Kier molecular flexibility index (Phi) is 5.29. The van der Waals surface area contributed by atoms with Crippen LogP contribution in [0.4, 0.5) is 0 Å². The van der Waals surface area contributed by atoms with E-state index in [0.717, 1.165) is 44.2 Å². The Morgan fingerprint density at radius 3 is 2.52 bits per heavy atom. The van der Waals surface area contributed by atoms with Crippen LogP contribution in [0, 0.1) is 17.8 Å². The lowest BCUT2D eigenvalue weighted by atomic mass is 9.76. The average Bonchev–Trinajstić information content (AvgIpc) is 2.73. The third-order valence-corrected chi connectivity index (χ3v) is 6.63. The fraction of sp³-hybridized carbons (Fsp3) is 0.500. The predicted octanol–water partition coefficient (Wildman–Crippen LogP) is 5.10. The van der Waals surface area contributed by atoms with E-state index in [4.69, 9.17) is 0 Å². The SMILES string of the molecule is CC(C)C1CCC(C(=O)N2CCc3c(cccc3-c3ccncc3)C2)CC1. The maximum Gasteiger partial charge on any atom is 0.225 e. The van der Waals surface area contributed by atoms with E-state index < -0.39 is 0 Å². The van der Waals surface area contributed by atoms with Crippen molar-refractivity contribution in [1.82, 2.24) is 9.88 Å². The molecule has 3 nitrogen and oxygen atoms in total. The van der Waals surface area contributed by atoms with E-state index in [1.165, 1.54) is 35.1 Å². The first-order chi connectivity index (χ1) is 13.1. The largest absolute Gasteiger partial charge is 0.338 e. The number of rotatable bonds is 3. The fourth-order valence-corrected chi connectivity index (χ4v) is 4.89. The molecule has 0 atom stereocenters. The average molecular weight is 363 g/mol. The number of benzene rings is 1. The first-order valence-electron chi connectivity index (χ1n) is 10.4. The van der Waals surface area contributed by atoms with E-state index in [1.54, 1.807) is 0 Å². The van der Waals surface area contributed by atoms with Crippen LogP contribution in [0.15, 0.2) is 42.7 Å². The molecule has 2 aliphatic rings. The van der Waals surface area contributed by atoms with Crippen molar-refractivity contribution in [1.29, 1.82) is 0 Å². The first kappa shape index (κ1) is 18.2. The number of hydrogen-bond acceptors (Lipinski definition) is 2. The smallest absolute Gasteiger partial charge is 0.225 e. The van der Waals surface area contributed by atoms with Crippen molar-refractivity contribution < 1.29 is 4.79 Å². The number of nitrogens with zero attached hydrogens (tertiary/aromatic N) is 2. The van der Waals surface area contributed by atoms with Crippen LogP contribution in [-0.2, 0) is 17.8 Å². The van der Waals surface area contributed by atoms with Crippen molar-refractivity contribution in [2.45, 2.75) is 52.5 Å². The molecule has 0 saturated heterocycles. The zero-order valence-corrected chi connectivity index (χ0v) is 16.5. The molecule has 27 heavy (non-hydrogen) atoms. The molecular weight excluding hydrogens is 332 g/mol. The minimum Gasteiger partial charge on any atom is -0.338 e. The number of amides is 1. The number of fused-ring (bicyclic) bond motifs is 1. The monoisotopic (exact) mass is 362 g/mol. The molecule has 142 valence electrons. The van der Waals surface area contributed by atoms with Gasteiger partial charge in [0.05, 0.1) is 0 Å². The zero-order valence-electron chi connectivity index (χ0n) is 16.5. The lowest BCUT2D eigenvalue weighted by Gasteiger charge is -2.36. The molecule has 1 saturated carbocycles. The summed E-state index contributed by atoms with van der Waals surface area (Å²) in [6, 6.07) is 10.6. The van der Waals surface area contributed by atoms with Crippen molar-refractivity contribution >= 4 is 5.91 Å². The maximum atomic E-state index is 13.1. The van der Waals surface area contributed by atoms with E-state index in [0.29, 0.717) is 5.91 Å². The molecule has 2 heterocycles. The molecule has 1 aromatic heterocycles. The Morgan fingerprint density at radius 2 is 1.81 bits per heavy atom. The van der Waals surface area contributed by atoms with Crippen molar-refractivity contribution in [3.8, 4) is 11.1 Å². The van der Waals surface area contributed by atoms with Crippen LogP contribution in [-0.4, -0.2) is 22.3 Å². The van der Waals surface area contributed by atoms with Gasteiger partial charge in [-0.15, -0.1) is 0 Å². The molecule has 0 unspecified atom stereocenters. The van der Waals surface area contributed by atoms with E-state index in [-0.39, 0.29) is 5.92 Å². The summed E-state index contributed by atoms with van der Waals surface area (Å²) in [5, 5.41) is 0. The molecule has 0 spiro atoms. The standard InChI is InChI=1S/C24H30N2O/c1-17(2)18-6-8-20(9-7-18)24(27)26-15-12-23-21(16-26)4-3-5-22(23)19-10-13-25-14-11-19/h3-5,10-11,13-14,17-18,20H,6-9,12,15-16H2,1-2H3. The summed E-state index contributed by atoms with van der Waals surface area (Å²) in [6.07, 6.45) is 9.21. The van der Waals surface area contributed by atoms with Gasteiger partial charge < -0.3 is 4.90 Å². The third kappa shape index (κ3) is 3.78. The van der Waals surface area contributed by atoms with Gasteiger partial charge in [-0.05, 0) is 78.3 Å². The minimum atomic E-state index is 0.241. The second-order valence-corrected chi connectivity index (χ2v) is 8.54. The highest BCUT2D eigenvalue weighted by Gasteiger charge is 2.32. The Balaban J connectivity index is 1.47. The molecule has 1 amide bonds. The second-order valence-electron chi connectivity index (χ2n) is 8.54. The number of pyridine rings is 1. The molecule has 3 heteroatoms. The van der Waals surface area contributed by atoms with Gasteiger partial charge in [0.25, 0.3) is 0 Å². The van der Waals surface area contributed by atoms with Gasteiger partial charge in [-0.25, -0.2) is 0 Å². The normalized spacial score (nSPS) is 22.6. The van der Waals surface area contributed by atoms with Crippen LogP contribution >= 0.6 is 0 Å². The summed E-state index contributed by atoms with van der Waals surface area (Å²) >= 11 is 0. The van der Waals surface area contributed by atoms with Crippen LogP contribution in [0.25, 0.3) is 11.1 Å². The Bertz CT molecular complexity index is 791. The van der Waals surface area contributed by atoms with E-state index in [9.17, 15) is 4.79 Å². The van der Waals surface area contributed by atoms with Crippen molar-refractivity contribution in [2.24, 2.45) is 17.8 Å². The van der Waals surface area contributed by atoms with Gasteiger partial charge in [-0.3, -0.25) is 9.78 Å². The molecular formula is C24H30N2O. The van der Waals surface area contributed by atoms with Gasteiger partial charge >= 0.3 is 0 Å². The summed E-state index contributed by atoms with van der Waals surface area (Å²) in [6.45, 7) is 6.23. The summed E-state index contributed by atoms with van der Waals surface area (Å²) < 4.78 is 0. The van der Waals surface area contributed by atoms with Crippen molar-refractivity contribution in [2.75, 3.05) is 6.54 Å². The minimum absolute atomic E-state index is 0.241. The van der Waals surface area contributed by atoms with E-state index in [1.807, 2.05) is 12.4 Å². The number of carbonyl (C=O) groups is 1. The van der Waals surface area contributed by atoms with Crippen molar-refractivity contribution in [3.63, 3.8) is 0 Å². The summed E-state index contributed by atoms with van der Waals surface area (Å²) in [4.78, 5) is 19.4. The molecule has 0 bridgehead atoms. The van der Waals surface area contributed by atoms with E-state index >= 15 is 0 Å². The van der Waals surface area contributed by atoms with Gasteiger partial charge in [-0.1, -0.05) is 32.0 Å². The lowest BCUT2D eigenvalue weighted by molar-refractivity contribution is -0.138. The molecule has 1 aliphatic heterocycles. The molecule has 1 aliphatic carbocycles. The molecule has 0 N–H and O–H groups in total. The highest BCUT2D eigenvalue weighted by Crippen LogP contribution is 2.36. The molecule has 2 aromatic rings. The summed E-state index contributed by atoms with van der Waals surface area (Å²) in [7, 11) is 0. The number of hydrogen-bond donors (Lipinski definition) is 0. The lowest BCUT2D eigenvalue weighted by Crippen LogP contribution is -2.41. The Hall–Kier alpha value is -2.16. The van der Waals surface area contributed by atoms with Crippen LogP contribution in [0.3, 0.4) is 0 Å². The molecule has 4 rings (SSSR count). The highest BCUT2D eigenvalue weighted by atomic mass is 16.2. The third-order valence-electron chi connectivity index (χ3n) is 6.63. The Labute approximate surface area is 162 Å². The van der Waals surface area contributed by atoms with Gasteiger partial charge in [0, 0.05) is 31.4 Å². The zero-order chi connectivity index (χ0) is 18.8. The van der Waals surface area contributed by atoms with Gasteiger partial charge in [0.15, 0.2) is 0 Å². The summed E-state index contributed by atoms with van der Waals surface area (Å²) in [5.74, 6) is 2.18. The topological polar surface area (TPSA) is 33.2 Å². The van der Waals surface area contributed by atoms with Gasteiger partial charge in [0.2, 0.25) is 5.91 Å². The quantitative estimate of drug-likeness (QED) is 0.761. The number of aromatic nitrogens is 1. The van der Waals surface area contributed by atoms with E-state index in [2.05, 4.69) is 54.1 Å². The maximum absolute atomic E-state index is 13.1. The van der Waals surface area contributed by atoms with Crippen LogP contribution < -0.4 is 0 Å². The molecule has 1 fully saturated rings. The van der Waals surface area contributed by atoms with Crippen LogP contribution in [0.5, 0.6) is 0 Å². The van der Waals surface area contributed by atoms with Gasteiger partial charge in [0.1, 0.15) is 0 Å². The molecule has 0 radical (unpaired) electrons. The highest BCUT2D eigenvalue weighted by molar-refractivity contribution is 5.80. The van der Waals surface area contributed by atoms with Crippen molar-refractivity contribution in [3.05, 3.63) is 53.9 Å². The van der Waals surface area contributed by atoms with Crippen LogP contribution in [0.2, 0.25) is 0 Å². The predicted molar refractivity (Wildman–Crippen MR) is 109 cm³/mol. The first-order valence-corrected chi connectivity index (χ1v) is 10.4.